The zero-order valence-corrected chi connectivity index (χ0v) is 17.4. The fraction of sp³-hybridized carbons (Fsp3) is 0.316. The normalized spacial score (nSPS) is 15.8. The van der Waals surface area contributed by atoms with Crippen LogP contribution < -0.4 is 10.1 Å². The molecule has 0 atom stereocenters. The lowest BCUT2D eigenvalue weighted by Crippen LogP contribution is -2.41. The lowest BCUT2D eigenvalue weighted by molar-refractivity contribution is -0.120. The predicted molar refractivity (Wildman–Crippen MR) is 104 cm³/mol. The number of ether oxygens (including phenoxy) is 1. The van der Waals surface area contributed by atoms with Gasteiger partial charge in [-0.25, -0.2) is 21.6 Å². The minimum atomic E-state index is -3.82. The Labute approximate surface area is 176 Å². The van der Waals surface area contributed by atoms with Gasteiger partial charge in [-0.3, -0.25) is 4.79 Å². The van der Waals surface area contributed by atoms with E-state index in [-0.39, 0.29) is 35.8 Å². The largest absolute Gasteiger partial charge is 0.495 e. The maximum atomic E-state index is 13.7. The molecule has 0 aromatic heterocycles. The summed E-state index contributed by atoms with van der Waals surface area (Å²) in [4.78, 5) is 12.4. The minimum absolute atomic E-state index is 0.0000556. The number of amides is 1. The van der Waals surface area contributed by atoms with Gasteiger partial charge in [0.05, 0.1) is 22.7 Å². The van der Waals surface area contributed by atoms with E-state index in [1.807, 2.05) is 0 Å². The molecular weight excluding hydrogens is 445 g/mol. The van der Waals surface area contributed by atoms with Gasteiger partial charge in [-0.1, -0.05) is 11.6 Å². The highest BCUT2D eigenvalue weighted by molar-refractivity contribution is 7.89. The third-order valence-corrected chi connectivity index (χ3v) is 7.07. The Morgan fingerprint density at radius 2 is 1.80 bits per heavy atom. The summed E-state index contributed by atoms with van der Waals surface area (Å²) in [5, 5.41) is 2.39. The van der Waals surface area contributed by atoms with E-state index in [1.54, 1.807) is 0 Å². The van der Waals surface area contributed by atoms with Gasteiger partial charge >= 0.3 is 0 Å². The number of carbonyl (C=O) groups is 1. The van der Waals surface area contributed by atoms with Gasteiger partial charge in [-0.15, -0.1) is 0 Å². The van der Waals surface area contributed by atoms with E-state index in [2.05, 4.69) is 5.32 Å². The highest BCUT2D eigenvalue weighted by atomic mass is 35.5. The summed E-state index contributed by atoms with van der Waals surface area (Å²) in [6, 6.07) is 5.76. The average Bonchev–Trinajstić information content (AvgIpc) is 2.74. The molecule has 30 heavy (non-hydrogen) atoms. The SMILES string of the molecule is COc1ccc(S(=O)(=O)N2CCC(C(=O)Nc3ccc(F)c(F)c3F)CC2)cc1Cl. The number of benzene rings is 2. The Morgan fingerprint density at radius 3 is 2.40 bits per heavy atom. The Hall–Kier alpha value is -2.30. The minimum Gasteiger partial charge on any atom is -0.495 e. The maximum Gasteiger partial charge on any atom is 0.243 e. The number of nitrogens with zero attached hydrogens (tertiary/aromatic N) is 1. The molecule has 0 unspecified atom stereocenters. The summed E-state index contributed by atoms with van der Waals surface area (Å²) >= 11 is 6.01. The summed E-state index contributed by atoms with van der Waals surface area (Å²) in [5.41, 5.74) is -0.471. The quantitative estimate of drug-likeness (QED) is 0.686. The number of piperidine rings is 1. The summed E-state index contributed by atoms with van der Waals surface area (Å²) in [5.74, 6) is -5.38. The second kappa shape index (κ2) is 8.83. The average molecular weight is 463 g/mol. The number of anilines is 1. The summed E-state index contributed by atoms with van der Waals surface area (Å²) in [6.07, 6.45) is 0.362. The number of nitrogens with one attached hydrogen (secondary N) is 1. The number of methoxy groups -OCH3 is 1. The molecule has 1 heterocycles. The van der Waals surface area contributed by atoms with Crippen LogP contribution in [-0.4, -0.2) is 38.8 Å². The van der Waals surface area contributed by atoms with Crippen molar-refractivity contribution < 1.29 is 31.1 Å². The number of carbonyl (C=O) groups excluding carboxylic acids is 1. The predicted octanol–water partition coefficient (Wildman–Crippen LogP) is 3.81. The van der Waals surface area contributed by atoms with Crippen LogP contribution in [0.2, 0.25) is 5.02 Å². The molecule has 162 valence electrons. The maximum absolute atomic E-state index is 13.7. The Bertz CT molecular complexity index is 1070. The van der Waals surface area contributed by atoms with Gasteiger partial charge in [0.25, 0.3) is 0 Å². The topological polar surface area (TPSA) is 75.7 Å². The van der Waals surface area contributed by atoms with Crippen LogP contribution in [0.15, 0.2) is 35.2 Å². The summed E-state index contributed by atoms with van der Waals surface area (Å²) in [6.45, 7) is 0.120. The highest BCUT2D eigenvalue weighted by Gasteiger charge is 2.33. The van der Waals surface area contributed by atoms with Gasteiger partial charge < -0.3 is 10.1 Å². The first kappa shape index (κ1) is 22.4. The first-order valence-electron chi connectivity index (χ1n) is 8.93. The van der Waals surface area contributed by atoms with Crippen LogP contribution in [0.1, 0.15) is 12.8 Å². The van der Waals surface area contributed by atoms with Crippen LogP contribution in [0.3, 0.4) is 0 Å². The molecule has 2 aromatic rings. The molecule has 0 aliphatic carbocycles. The van der Waals surface area contributed by atoms with Crippen LogP contribution in [0.25, 0.3) is 0 Å². The van der Waals surface area contributed by atoms with E-state index < -0.39 is 45.0 Å². The van der Waals surface area contributed by atoms with E-state index in [9.17, 15) is 26.4 Å². The molecule has 1 N–H and O–H groups in total. The van der Waals surface area contributed by atoms with Crippen molar-refractivity contribution in [3.05, 3.63) is 52.8 Å². The van der Waals surface area contributed by atoms with E-state index in [4.69, 9.17) is 16.3 Å². The first-order valence-corrected chi connectivity index (χ1v) is 10.7. The molecule has 0 saturated carbocycles. The third-order valence-electron chi connectivity index (χ3n) is 4.88. The fourth-order valence-electron chi connectivity index (χ4n) is 3.17. The molecule has 1 saturated heterocycles. The standard InChI is InChI=1S/C19H18ClF3N2O4S/c1-29-16-5-2-12(10-13(16)20)30(27,28)25-8-6-11(7-9-25)19(26)24-15-4-3-14(21)17(22)18(15)23/h2-5,10-11H,6-9H2,1H3,(H,24,26). The molecule has 1 amide bonds. The van der Waals surface area contributed by atoms with Gasteiger partial charge in [-0.05, 0) is 43.2 Å². The van der Waals surface area contributed by atoms with Crippen molar-refractivity contribution in [2.24, 2.45) is 5.92 Å². The van der Waals surface area contributed by atoms with E-state index in [0.29, 0.717) is 11.8 Å². The molecule has 6 nitrogen and oxygen atoms in total. The lowest BCUT2D eigenvalue weighted by Gasteiger charge is -2.30. The molecule has 1 aliphatic heterocycles. The number of sulfonamides is 1. The Morgan fingerprint density at radius 1 is 1.13 bits per heavy atom. The van der Waals surface area contributed by atoms with E-state index in [1.165, 1.54) is 29.6 Å². The molecule has 2 aromatic carbocycles. The Balaban J connectivity index is 1.66. The number of halogens is 4. The van der Waals surface area contributed by atoms with Crippen molar-refractivity contribution in [2.45, 2.75) is 17.7 Å². The van der Waals surface area contributed by atoms with Crippen LogP contribution in [-0.2, 0) is 14.8 Å². The van der Waals surface area contributed by atoms with Crippen molar-refractivity contribution in [2.75, 3.05) is 25.5 Å². The zero-order valence-electron chi connectivity index (χ0n) is 15.8. The highest BCUT2D eigenvalue weighted by Crippen LogP contribution is 2.30. The van der Waals surface area contributed by atoms with Crippen molar-refractivity contribution in [1.29, 1.82) is 0 Å². The monoisotopic (exact) mass is 462 g/mol. The van der Waals surface area contributed by atoms with Crippen LogP contribution in [0, 0.1) is 23.4 Å². The molecule has 0 radical (unpaired) electrons. The number of rotatable bonds is 5. The first-order chi connectivity index (χ1) is 14.1. The second-order valence-corrected chi connectivity index (χ2v) is 9.03. The molecule has 1 fully saturated rings. The Kier molecular flexibility index (Phi) is 6.59. The van der Waals surface area contributed by atoms with E-state index >= 15 is 0 Å². The smallest absolute Gasteiger partial charge is 0.243 e. The molecule has 1 aliphatic rings. The summed E-state index contributed by atoms with van der Waals surface area (Å²) < 4.78 is 71.9. The number of hydrogen-bond acceptors (Lipinski definition) is 4. The fourth-order valence-corrected chi connectivity index (χ4v) is 4.99. The molecule has 0 spiro atoms. The van der Waals surface area contributed by atoms with Gasteiger partial charge in [-0.2, -0.15) is 4.31 Å². The van der Waals surface area contributed by atoms with Gasteiger partial charge in [0, 0.05) is 19.0 Å². The van der Waals surface area contributed by atoms with Crippen molar-refractivity contribution in [3.63, 3.8) is 0 Å². The molecule has 11 heteroatoms. The zero-order chi connectivity index (χ0) is 22.1. The van der Waals surface area contributed by atoms with Crippen LogP contribution in [0.5, 0.6) is 5.75 Å². The third kappa shape index (κ3) is 4.40. The number of hydrogen-bond donors (Lipinski definition) is 1. The van der Waals surface area contributed by atoms with Crippen molar-refractivity contribution >= 4 is 33.2 Å². The van der Waals surface area contributed by atoms with Crippen molar-refractivity contribution in [1.82, 2.24) is 4.31 Å². The van der Waals surface area contributed by atoms with E-state index in [0.717, 1.165) is 6.07 Å². The van der Waals surface area contributed by atoms with Gasteiger partial charge in [0.1, 0.15) is 5.75 Å². The summed E-state index contributed by atoms with van der Waals surface area (Å²) in [7, 11) is -2.41. The lowest BCUT2D eigenvalue weighted by atomic mass is 9.97. The van der Waals surface area contributed by atoms with Crippen LogP contribution in [0.4, 0.5) is 18.9 Å². The van der Waals surface area contributed by atoms with Crippen LogP contribution >= 0.6 is 11.6 Å². The van der Waals surface area contributed by atoms with Gasteiger partial charge in [0.15, 0.2) is 17.5 Å². The molecular formula is C19H18ClF3N2O4S. The molecule has 0 bridgehead atoms. The molecule has 3 rings (SSSR count). The van der Waals surface area contributed by atoms with Gasteiger partial charge in [0.2, 0.25) is 15.9 Å². The second-order valence-electron chi connectivity index (χ2n) is 6.69. The van der Waals surface area contributed by atoms with Crippen molar-refractivity contribution in [3.8, 4) is 5.75 Å².